The second-order valence-corrected chi connectivity index (χ2v) is 8.83. The Bertz CT molecular complexity index is 1250. The number of aromatic nitrogens is 1. The number of hydrogen-bond acceptors (Lipinski definition) is 4. The number of nitrogens with one attached hydrogen (secondary N) is 1. The maximum Gasteiger partial charge on any atom is 0.325 e. The average molecular weight is 509 g/mol. The number of benzene rings is 2. The number of carbonyl (C=O) groups is 3. The maximum absolute atomic E-state index is 13.6. The number of nitrogens with zero attached hydrogens (tertiary/aromatic N) is 3. The summed E-state index contributed by atoms with van der Waals surface area (Å²) >= 11 is 6.55. The monoisotopic (exact) mass is 508 g/mol. The van der Waals surface area contributed by atoms with Crippen molar-refractivity contribution in [2.24, 2.45) is 0 Å². The molecule has 2 aromatic carbocycles. The molecule has 3 amide bonds. The van der Waals surface area contributed by atoms with Crippen molar-refractivity contribution >= 4 is 29.5 Å². The molecule has 1 N–H and O–H groups in total. The quantitative estimate of drug-likeness (QED) is 0.507. The van der Waals surface area contributed by atoms with E-state index in [0.717, 1.165) is 22.6 Å². The summed E-state index contributed by atoms with van der Waals surface area (Å²) in [6, 6.07) is 19.0. The SMILES string of the molecule is CCOC(=O)CNC(=O)N1CCN(C(=O)c2cc(-c3ccccc3)n(-c3ccccc3Cl)c2C)CC1. The number of piperazine rings is 1. The summed E-state index contributed by atoms with van der Waals surface area (Å²) < 4.78 is 6.85. The lowest BCUT2D eigenvalue weighted by molar-refractivity contribution is -0.141. The van der Waals surface area contributed by atoms with Crippen molar-refractivity contribution in [3.05, 3.63) is 76.9 Å². The van der Waals surface area contributed by atoms with Gasteiger partial charge in [-0.05, 0) is 37.6 Å². The molecule has 0 unspecified atom stereocenters. The second kappa shape index (κ2) is 11.3. The third-order valence-corrected chi connectivity index (χ3v) is 6.50. The predicted molar refractivity (Wildman–Crippen MR) is 138 cm³/mol. The molecule has 188 valence electrons. The normalized spacial score (nSPS) is 13.4. The Hall–Kier alpha value is -3.78. The Kier molecular flexibility index (Phi) is 7.95. The third kappa shape index (κ3) is 5.39. The van der Waals surface area contributed by atoms with Gasteiger partial charge >= 0.3 is 12.0 Å². The number of ether oxygens (including phenoxy) is 1. The van der Waals surface area contributed by atoms with E-state index >= 15 is 0 Å². The van der Waals surface area contributed by atoms with Crippen molar-refractivity contribution in [2.75, 3.05) is 39.3 Å². The van der Waals surface area contributed by atoms with Crippen LogP contribution in [0.25, 0.3) is 16.9 Å². The van der Waals surface area contributed by atoms with E-state index in [1.165, 1.54) is 0 Å². The second-order valence-electron chi connectivity index (χ2n) is 8.42. The molecule has 1 aliphatic rings. The maximum atomic E-state index is 13.6. The van der Waals surface area contributed by atoms with E-state index in [4.69, 9.17) is 16.3 Å². The molecule has 36 heavy (non-hydrogen) atoms. The van der Waals surface area contributed by atoms with Crippen molar-refractivity contribution in [2.45, 2.75) is 13.8 Å². The lowest BCUT2D eigenvalue weighted by Crippen LogP contribution is -2.53. The lowest BCUT2D eigenvalue weighted by Gasteiger charge is -2.34. The fourth-order valence-corrected chi connectivity index (χ4v) is 4.56. The number of rotatable bonds is 6. The largest absolute Gasteiger partial charge is 0.465 e. The van der Waals surface area contributed by atoms with Gasteiger partial charge in [0.2, 0.25) is 0 Å². The van der Waals surface area contributed by atoms with Gasteiger partial charge in [-0.15, -0.1) is 0 Å². The molecule has 1 aromatic heterocycles. The Labute approximate surface area is 215 Å². The molecule has 0 saturated carbocycles. The molecule has 3 aromatic rings. The molecule has 0 spiro atoms. The summed E-state index contributed by atoms with van der Waals surface area (Å²) in [7, 11) is 0. The van der Waals surface area contributed by atoms with Crippen LogP contribution in [-0.2, 0) is 9.53 Å². The van der Waals surface area contributed by atoms with E-state index in [1.54, 1.807) is 16.7 Å². The van der Waals surface area contributed by atoms with E-state index in [2.05, 4.69) is 5.32 Å². The van der Waals surface area contributed by atoms with Crippen LogP contribution in [0.15, 0.2) is 60.7 Å². The third-order valence-electron chi connectivity index (χ3n) is 6.18. The molecule has 2 heterocycles. The van der Waals surface area contributed by atoms with Gasteiger partial charge in [0.15, 0.2) is 0 Å². The summed E-state index contributed by atoms with van der Waals surface area (Å²) in [6.07, 6.45) is 0. The fourth-order valence-electron chi connectivity index (χ4n) is 4.34. The number of urea groups is 1. The van der Waals surface area contributed by atoms with E-state index in [1.807, 2.05) is 72.2 Å². The van der Waals surface area contributed by atoms with Crippen LogP contribution in [0.5, 0.6) is 0 Å². The standard InChI is InChI=1S/C27H29ClN4O4/c1-3-36-25(33)18-29-27(35)31-15-13-30(14-16-31)26(34)21-17-24(20-9-5-4-6-10-20)32(19(21)2)23-12-8-7-11-22(23)28/h4-12,17H,3,13-16,18H2,1-2H3,(H,29,35). The Morgan fingerprint density at radius 2 is 1.58 bits per heavy atom. The fraction of sp³-hybridized carbons (Fsp3) is 0.296. The molecule has 1 fully saturated rings. The molecule has 0 bridgehead atoms. The van der Waals surface area contributed by atoms with Crippen molar-refractivity contribution in [1.82, 2.24) is 19.7 Å². The number of carbonyl (C=O) groups excluding carboxylic acids is 3. The zero-order chi connectivity index (χ0) is 25.7. The topological polar surface area (TPSA) is 83.9 Å². The molecule has 8 nitrogen and oxygen atoms in total. The molecule has 1 saturated heterocycles. The van der Waals surface area contributed by atoms with Crippen LogP contribution in [0.1, 0.15) is 23.0 Å². The number of para-hydroxylation sites is 1. The first-order valence-electron chi connectivity index (χ1n) is 11.9. The summed E-state index contributed by atoms with van der Waals surface area (Å²) in [5.41, 5.74) is 4.04. The molecule has 0 atom stereocenters. The minimum atomic E-state index is -0.479. The Morgan fingerprint density at radius 1 is 0.944 bits per heavy atom. The Balaban J connectivity index is 1.53. The van der Waals surface area contributed by atoms with Crippen LogP contribution >= 0.6 is 11.6 Å². The highest BCUT2D eigenvalue weighted by Crippen LogP contribution is 2.33. The minimum Gasteiger partial charge on any atom is -0.465 e. The van der Waals surface area contributed by atoms with Crippen LogP contribution in [0, 0.1) is 6.92 Å². The molecule has 9 heteroatoms. The first kappa shape index (κ1) is 25.3. The van der Waals surface area contributed by atoms with Gasteiger partial charge in [-0.25, -0.2) is 4.79 Å². The van der Waals surface area contributed by atoms with E-state index in [-0.39, 0.29) is 25.1 Å². The van der Waals surface area contributed by atoms with Crippen molar-refractivity contribution in [3.8, 4) is 16.9 Å². The molecular weight excluding hydrogens is 480 g/mol. The van der Waals surface area contributed by atoms with Crippen molar-refractivity contribution < 1.29 is 19.1 Å². The van der Waals surface area contributed by atoms with Crippen LogP contribution in [0.4, 0.5) is 4.79 Å². The van der Waals surface area contributed by atoms with Crippen LogP contribution in [-0.4, -0.2) is 71.6 Å². The lowest BCUT2D eigenvalue weighted by atomic mass is 10.1. The highest BCUT2D eigenvalue weighted by atomic mass is 35.5. The first-order chi connectivity index (χ1) is 17.4. The molecule has 4 rings (SSSR count). The van der Waals surface area contributed by atoms with Crippen LogP contribution < -0.4 is 5.32 Å². The van der Waals surface area contributed by atoms with Gasteiger partial charge in [-0.2, -0.15) is 0 Å². The van der Waals surface area contributed by atoms with E-state index < -0.39 is 5.97 Å². The predicted octanol–water partition coefficient (Wildman–Crippen LogP) is 4.14. The summed E-state index contributed by atoms with van der Waals surface area (Å²) in [6.45, 7) is 5.24. The first-order valence-corrected chi connectivity index (χ1v) is 12.3. The molecule has 0 radical (unpaired) electrons. The molecule has 0 aliphatic carbocycles. The highest BCUT2D eigenvalue weighted by Gasteiger charge is 2.28. The van der Waals surface area contributed by atoms with Gasteiger partial charge in [-0.3, -0.25) is 9.59 Å². The van der Waals surface area contributed by atoms with Gasteiger partial charge in [0.1, 0.15) is 6.54 Å². The molecular formula is C27H29ClN4O4. The summed E-state index contributed by atoms with van der Waals surface area (Å²) in [4.78, 5) is 40.8. The number of amides is 3. The van der Waals surface area contributed by atoms with E-state index in [9.17, 15) is 14.4 Å². The zero-order valence-corrected chi connectivity index (χ0v) is 21.1. The van der Waals surface area contributed by atoms with Gasteiger partial charge in [0.05, 0.1) is 28.6 Å². The number of halogens is 1. The molecule has 1 aliphatic heterocycles. The average Bonchev–Trinajstić information content (AvgIpc) is 3.24. The summed E-state index contributed by atoms with van der Waals surface area (Å²) in [5.74, 6) is -0.575. The highest BCUT2D eigenvalue weighted by molar-refractivity contribution is 6.32. The van der Waals surface area contributed by atoms with Gasteiger partial charge in [0.25, 0.3) is 5.91 Å². The Morgan fingerprint density at radius 3 is 2.25 bits per heavy atom. The smallest absolute Gasteiger partial charge is 0.325 e. The van der Waals surface area contributed by atoms with Crippen LogP contribution in [0.3, 0.4) is 0 Å². The number of hydrogen-bond donors (Lipinski definition) is 1. The van der Waals surface area contributed by atoms with Gasteiger partial charge < -0.3 is 24.4 Å². The minimum absolute atomic E-state index is 0.0953. The van der Waals surface area contributed by atoms with Crippen molar-refractivity contribution in [1.29, 1.82) is 0 Å². The van der Waals surface area contributed by atoms with Gasteiger partial charge in [-0.1, -0.05) is 54.1 Å². The van der Waals surface area contributed by atoms with Gasteiger partial charge in [0, 0.05) is 31.9 Å². The van der Waals surface area contributed by atoms with Crippen LogP contribution in [0.2, 0.25) is 5.02 Å². The number of esters is 1. The zero-order valence-electron chi connectivity index (χ0n) is 20.4. The van der Waals surface area contributed by atoms with Crippen molar-refractivity contribution in [3.63, 3.8) is 0 Å². The van der Waals surface area contributed by atoms with E-state index in [0.29, 0.717) is 36.8 Å². The summed E-state index contributed by atoms with van der Waals surface area (Å²) in [5, 5.41) is 3.16.